The molecule has 0 aromatic carbocycles. The first-order chi connectivity index (χ1) is 4.61. The highest BCUT2D eigenvalue weighted by Crippen LogP contribution is 2.18. The average Bonchev–Trinajstić information content (AvgIpc) is 2.13. The fourth-order valence-electron chi connectivity index (χ4n) is 0.525. The van der Waals surface area contributed by atoms with Gasteiger partial charge in [0.25, 0.3) is 0 Å². The molecule has 0 aliphatic rings. The van der Waals surface area contributed by atoms with E-state index in [0.717, 1.165) is 6.07 Å². The van der Waals surface area contributed by atoms with Crippen molar-refractivity contribution in [3.05, 3.63) is 11.8 Å². The van der Waals surface area contributed by atoms with Gasteiger partial charge in [0.1, 0.15) is 0 Å². The van der Waals surface area contributed by atoms with Gasteiger partial charge in [0, 0.05) is 6.07 Å². The van der Waals surface area contributed by atoms with Gasteiger partial charge in [-0.05, 0) is 0 Å². The van der Waals surface area contributed by atoms with Gasteiger partial charge in [-0.3, -0.25) is 0 Å². The number of hydrogen-bond donors (Lipinski definition) is 3. The van der Waals surface area contributed by atoms with Crippen molar-refractivity contribution in [2.24, 2.45) is 0 Å². The lowest BCUT2D eigenvalue weighted by Crippen LogP contribution is -1.91. The maximum Gasteiger partial charge on any atom is 0.371 e. The van der Waals surface area contributed by atoms with E-state index < -0.39 is 5.97 Å². The summed E-state index contributed by atoms with van der Waals surface area (Å²) in [4.78, 5) is 10.2. The van der Waals surface area contributed by atoms with Crippen molar-refractivity contribution in [2.75, 3.05) is 11.5 Å². The van der Waals surface area contributed by atoms with Crippen molar-refractivity contribution < 1.29 is 14.3 Å². The monoisotopic (exact) mass is 142 g/mol. The number of aromatic carboxylic acids is 1. The van der Waals surface area contributed by atoms with Crippen molar-refractivity contribution >= 4 is 17.5 Å². The van der Waals surface area contributed by atoms with Crippen LogP contribution in [0.2, 0.25) is 0 Å². The molecule has 0 aliphatic heterocycles. The van der Waals surface area contributed by atoms with Crippen LogP contribution in [0.1, 0.15) is 10.6 Å². The predicted octanol–water partition coefficient (Wildman–Crippen LogP) is 0.142. The zero-order valence-corrected chi connectivity index (χ0v) is 5.00. The Hall–Kier alpha value is -1.65. The maximum absolute atomic E-state index is 10.2. The maximum atomic E-state index is 10.2. The summed E-state index contributed by atoms with van der Waals surface area (Å²) in [5.41, 5.74) is 10.5. The molecule has 1 heterocycles. The number of carboxylic acids is 1. The number of carbonyl (C=O) groups is 1. The van der Waals surface area contributed by atoms with Crippen LogP contribution >= 0.6 is 0 Å². The molecule has 0 radical (unpaired) electrons. The molecule has 0 unspecified atom stereocenters. The molecule has 0 bridgehead atoms. The molecule has 0 fully saturated rings. The van der Waals surface area contributed by atoms with Gasteiger partial charge in [-0.1, -0.05) is 0 Å². The van der Waals surface area contributed by atoms with Gasteiger partial charge in [-0.25, -0.2) is 4.79 Å². The molecule has 0 spiro atoms. The molecule has 0 atom stereocenters. The Bertz CT molecular complexity index is 246. The molecule has 5 N–H and O–H groups in total. The molecule has 5 heteroatoms. The van der Waals surface area contributed by atoms with Crippen LogP contribution in [-0.2, 0) is 0 Å². The first kappa shape index (κ1) is 6.47. The number of nitrogen functional groups attached to an aromatic ring is 2. The Labute approximate surface area is 56.2 Å². The number of carboxylic acid groups (broad SMARTS) is 1. The van der Waals surface area contributed by atoms with Gasteiger partial charge < -0.3 is 21.0 Å². The van der Waals surface area contributed by atoms with Crippen LogP contribution in [0.5, 0.6) is 0 Å². The summed E-state index contributed by atoms with van der Waals surface area (Å²) < 4.78 is 4.53. The fraction of sp³-hybridized carbons (Fsp3) is 0. The quantitative estimate of drug-likeness (QED) is 0.517. The van der Waals surface area contributed by atoms with Crippen LogP contribution in [0.25, 0.3) is 0 Å². The van der Waals surface area contributed by atoms with E-state index in [1.165, 1.54) is 0 Å². The van der Waals surface area contributed by atoms with Crippen molar-refractivity contribution in [2.45, 2.75) is 0 Å². The predicted molar refractivity (Wildman–Crippen MR) is 34.5 cm³/mol. The van der Waals surface area contributed by atoms with Crippen LogP contribution in [0.4, 0.5) is 11.6 Å². The first-order valence-electron chi connectivity index (χ1n) is 2.49. The Balaban J connectivity index is 3.10. The second-order valence-corrected chi connectivity index (χ2v) is 1.74. The van der Waals surface area contributed by atoms with Gasteiger partial charge in [0.15, 0.2) is 0 Å². The largest absolute Gasteiger partial charge is 0.475 e. The van der Waals surface area contributed by atoms with Gasteiger partial charge >= 0.3 is 5.97 Å². The van der Waals surface area contributed by atoms with E-state index in [2.05, 4.69) is 4.42 Å². The minimum Gasteiger partial charge on any atom is -0.475 e. The minimum absolute atomic E-state index is 0.0580. The highest BCUT2D eigenvalue weighted by molar-refractivity contribution is 5.87. The molecule has 5 nitrogen and oxygen atoms in total. The van der Waals surface area contributed by atoms with Crippen LogP contribution in [0.15, 0.2) is 10.5 Å². The van der Waals surface area contributed by atoms with E-state index in [0.29, 0.717) is 0 Å². The minimum atomic E-state index is -1.18. The number of hydrogen-bond acceptors (Lipinski definition) is 4. The van der Waals surface area contributed by atoms with Crippen LogP contribution in [-0.4, -0.2) is 11.1 Å². The molecular formula is C5H6N2O3. The summed E-state index contributed by atoms with van der Waals surface area (Å²) in [5, 5.41) is 8.32. The molecule has 1 aromatic heterocycles. The Morgan fingerprint density at radius 3 is 2.40 bits per heavy atom. The number of nitrogens with two attached hydrogens (primary N) is 2. The second-order valence-electron chi connectivity index (χ2n) is 1.74. The highest BCUT2D eigenvalue weighted by Gasteiger charge is 2.10. The smallest absolute Gasteiger partial charge is 0.371 e. The number of anilines is 2. The molecule has 0 saturated carbocycles. The van der Waals surface area contributed by atoms with Gasteiger partial charge in [-0.2, -0.15) is 0 Å². The van der Waals surface area contributed by atoms with Crippen LogP contribution in [0, 0.1) is 0 Å². The summed E-state index contributed by atoms with van der Waals surface area (Å²) in [7, 11) is 0. The number of rotatable bonds is 1. The van der Waals surface area contributed by atoms with Gasteiger partial charge in [0.05, 0.1) is 5.69 Å². The van der Waals surface area contributed by atoms with Crippen molar-refractivity contribution in [3.63, 3.8) is 0 Å². The van der Waals surface area contributed by atoms with Crippen LogP contribution < -0.4 is 11.5 Å². The first-order valence-corrected chi connectivity index (χ1v) is 2.49. The van der Waals surface area contributed by atoms with E-state index in [-0.39, 0.29) is 17.3 Å². The van der Waals surface area contributed by atoms with E-state index >= 15 is 0 Å². The number of furan rings is 1. The van der Waals surface area contributed by atoms with Crippen molar-refractivity contribution in [1.82, 2.24) is 0 Å². The SMILES string of the molecule is Nc1cc(C(=O)O)oc1N. The van der Waals surface area contributed by atoms with Gasteiger partial charge in [0.2, 0.25) is 11.6 Å². The molecule has 54 valence electrons. The van der Waals surface area contributed by atoms with Crippen LogP contribution in [0.3, 0.4) is 0 Å². The summed E-state index contributed by atoms with van der Waals surface area (Å²) >= 11 is 0. The summed E-state index contributed by atoms with van der Waals surface area (Å²) in [6.45, 7) is 0. The molecular weight excluding hydrogens is 136 g/mol. The molecule has 0 amide bonds. The Morgan fingerprint density at radius 2 is 2.20 bits per heavy atom. The summed E-state index contributed by atoms with van der Waals surface area (Å²) in [6, 6.07) is 1.16. The zero-order valence-electron chi connectivity index (χ0n) is 5.00. The fourth-order valence-corrected chi connectivity index (χ4v) is 0.525. The summed E-state index contributed by atoms with van der Waals surface area (Å²) in [6.07, 6.45) is 0. The van der Waals surface area contributed by atoms with E-state index in [4.69, 9.17) is 16.6 Å². The highest BCUT2D eigenvalue weighted by atomic mass is 16.4. The Kier molecular flexibility index (Phi) is 1.26. The normalized spacial score (nSPS) is 9.60. The third kappa shape index (κ3) is 0.883. The Morgan fingerprint density at radius 1 is 1.60 bits per heavy atom. The third-order valence-electron chi connectivity index (χ3n) is 1.00. The van der Waals surface area contributed by atoms with Gasteiger partial charge in [-0.15, -0.1) is 0 Å². The third-order valence-corrected chi connectivity index (χ3v) is 1.00. The van der Waals surface area contributed by atoms with Crippen molar-refractivity contribution in [3.8, 4) is 0 Å². The molecule has 0 saturated heterocycles. The summed E-state index contributed by atoms with van der Waals surface area (Å²) in [5.74, 6) is -1.48. The second kappa shape index (κ2) is 1.94. The lowest BCUT2D eigenvalue weighted by Gasteiger charge is -1.83. The van der Waals surface area contributed by atoms with E-state index in [1.807, 2.05) is 0 Å². The van der Waals surface area contributed by atoms with E-state index in [1.54, 1.807) is 0 Å². The van der Waals surface area contributed by atoms with Crippen molar-refractivity contribution in [1.29, 1.82) is 0 Å². The standard InChI is InChI=1S/C5H6N2O3/c6-2-1-3(5(8)9)10-4(2)7/h1H,6-7H2,(H,8,9). The van der Waals surface area contributed by atoms with E-state index in [9.17, 15) is 4.79 Å². The average molecular weight is 142 g/mol. The molecule has 10 heavy (non-hydrogen) atoms. The zero-order chi connectivity index (χ0) is 7.72. The lowest BCUT2D eigenvalue weighted by molar-refractivity contribution is 0.0663. The topological polar surface area (TPSA) is 102 Å². The molecule has 1 rings (SSSR count). The lowest BCUT2D eigenvalue weighted by atomic mass is 10.4. The molecule has 1 aromatic rings. The molecule has 0 aliphatic carbocycles.